The fourth-order valence-electron chi connectivity index (χ4n) is 3.13. The zero-order valence-electron chi connectivity index (χ0n) is 17.5. The van der Waals surface area contributed by atoms with E-state index in [1.54, 1.807) is 36.4 Å². The molecule has 0 bridgehead atoms. The fraction of sp³-hybridized carbons (Fsp3) is 0.409. The summed E-state index contributed by atoms with van der Waals surface area (Å²) in [4.78, 5) is 12.3. The maximum absolute atomic E-state index is 12.6. The van der Waals surface area contributed by atoms with Gasteiger partial charge in [-0.25, -0.2) is 8.42 Å². The number of amides is 1. The van der Waals surface area contributed by atoms with Crippen LogP contribution in [0, 0.1) is 6.92 Å². The van der Waals surface area contributed by atoms with Crippen molar-refractivity contribution >= 4 is 27.5 Å². The first kappa shape index (κ1) is 23.5. The van der Waals surface area contributed by atoms with Crippen LogP contribution in [0.25, 0.3) is 0 Å². The summed E-state index contributed by atoms with van der Waals surface area (Å²) in [6, 6.07) is 12.1. The molecule has 1 heterocycles. The molecular formula is C22H27ClN2O5S. The largest absolute Gasteiger partial charge is 0.494 e. The number of hydrogen-bond acceptors (Lipinski definition) is 5. The van der Waals surface area contributed by atoms with E-state index in [1.165, 1.54) is 4.31 Å². The molecule has 31 heavy (non-hydrogen) atoms. The minimum atomic E-state index is -3.51. The average molecular weight is 467 g/mol. The molecule has 1 N–H and O–H groups in total. The molecule has 0 saturated carbocycles. The summed E-state index contributed by atoms with van der Waals surface area (Å²) < 4.78 is 37.5. The van der Waals surface area contributed by atoms with Crippen LogP contribution in [0.5, 0.6) is 5.75 Å². The molecular weight excluding hydrogens is 440 g/mol. The smallest absolute Gasteiger partial charge is 0.243 e. The second-order valence-corrected chi connectivity index (χ2v) is 9.65. The Balaban J connectivity index is 1.40. The van der Waals surface area contributed by atoms with Gasteiger partial charge in [0.15, 0.2) is 0 Å². The summed E-state index contributed by atoms with van der Waals surface area (Å²) in [6.07, 6.45) is 0.931. The Morgan fingerprint density at radius 2 is 1.87 bits per heavy atom. The van der Waals surface area contributed by atoms with Gasteiger partial charge in [0.2, 0.25) is 15.9 Å². The average Bonchev–Trinajstić information content (AvgIpc) is 2.78. The molecule has 9 heteroatoms. The molecule has 0 atom stereocenters. The van der Waals surface area contributed by atoms with Gasteiger partial charge >= 0.3 is 0 Å². The Morgan fingerprint density at radius 1 is 1.16 bits per heavy atom. The monoisotopic (exact) mass is 466 g/mol. The lowest BCUT2D eigenvalue weighted by Crippen LogP contribution is -2.40. The number of ether oxygens (including phenoxy) is 2. The van der Waals surface area contributed by atoms with Gasteiger partial charge in [-0.15, -0.1) is 0 Å². The van der Waals surface area contributed by atoms with E-state index in [9.17, 15) is 13.2 Å². The summed E-state index contributed by atoms with van der Waals surface area (Å²) in [5, 5.41) is 3.54. The Labute approximate surface area is 188 Å². The maximum atomic E-state index is 12.6. The molecule has 0 spiro atoms. The summed E-state index contributed by atoms with van der Waals surface area (Å²) in [5.41, 5.74) is 1.78. The molecule has 7 nitrogen and oxygen atoms in total. The minimum Gasteiger partial charge on any atom is -0.494 e. The maximum Gasteiger partial charge on any atom is 0.243 e. The molecule has 168 valence electrons. The van der Waals surface area contributed by atoms with Gasteiger partial charge in [-0.1, -0.05) is 23.7 Å². The predicted octanol–water partition coefficient (Wildman–Crippen LogP) is 3.14. The number of carbonyl (C=O) groups is 1. The Bertz CT molecular complexity index is 989. The summed E-state index contributed by atoms with van der Waals surface area (Å²) >= 11 is 5.99. The summed E-state index contributed by atoms with van der Waals surface area (Å²) in [7, 11) is -3.51. The number of nitrogens with zero attached hydrogens (tertiary/aromatic N) is 1. The quantitative estimate of drug-likeness (QED) is 0.574. The van der Waals surface area contributed by atoms with Gasteiger partial charge < -0.3 is 14.8 Å². The number of rotatable bonds is 9. The van der Waals surface area contributed by atoms with Crippen molar-refractivity contribution in [2.24, 2.45) is 0 Å². The summed E-state index contributed by atoms with van der Waals surface area (Å²) in [5.74, 6) is 0.648. The molecule has 1 fully saturated rings. The number of benzene rings is 2. The van der Waals surface area contributed by atoms with Crippen LogP contribution in [-0.4, -0.2) is 51.5 Å². The van der Waals surface area contributed by atoms with E-state index in [0.717, 1.165) is 16.9 Å². The molecule has 0 radical (unpaired) electrons. The first-order chi connectivity index (χ1) is 14.9. The molecule has 1 aliphatic rings. The second kappa shape index (κ2) is 10.9. The van der Waals surface area contributed by atoms with Gasteiger partial charge in [0, 0.05) is 31.1 Å². The van der Waals surface area contributed by atoms with E-state index < -0.39 is 10.0 Å². The lowest BCUT2D eigenvalue weighted by Gasteiger charge is -2.26. The Hall–Kier alpha value is -2.13. The number of hydrogen-bond donors (Lipinski definition) is 1. The molecule has 0 unspecified atom stereocenters. The van der Waals surface area contributed by atoms with Crippen LogP contribution in [0.4, 0.5) is 0 Å². The Morgan fingerprint density at radius 3 is 2.55 bits per heavy atom. The van der Waals surface area contributed by atoms with Gasteiger partial charge in [0.05, 0.1) is 24.7 Å². The molecule has 1 saturated heterocycles. The molecule has 1 aliphatic heterocycles. The molecule has 0 aliphatic carbocycles. The van der Waals surface area contributed by atoms with Crippen molar-refractivity contribution in [3.63, 3.8) is 0 Å². The van der Waals surface area contributed by atoms with Crippen LogP contribution in [0.1, 0.15) is 24.0 Å². The van der Waals surface area contributed by atoms with Crippen LogP contribution in [0.3, 0.4) is 0 Å². The molecule has 0 aromatic heterocycles. The van der Waals surface area contributed by atoms with Gasteiger partial charge in [0.25, 0.3) is 0 Å². The van der Waals surface area contributed by atoms with Crippen molar-refractivity contribution in [2.75, 3.05) is 32.9 Å². The van der Waals surface area contributed by atoms with E-state index in [1.807, 2.05) is 13.0 Å². The predicted molar refractivity (Wildman–Crippen MR) is 119 cm³/mol. The Kier molecular flexibility index (Phi) is 8.31. The van der Waals surface area contributed by atoms with E-state index in [4.69, 9.17) is 21.1 Å². The van der Waals surface area contributed by atoms with Crippen LogP contribution in [-0.2, 0) is 26.1 Å². The number of sulfonamides is 1. The van der Waals surface area contributed by atoms with E-state index in [0.29, 0.717) is 57.3 Å². The number of aryl methyl sites for hydroxylation is 1. The van der Waals surface area contributed by atoms with Gasteiger partial charge in [-0.3, -0.25) is 4.79 Å². The van der Waals surface area contributed by atoms with Crippen LogP contribution in [0.2, 0.25) is 5.02 Å². The highest BCUT2D eigenvalue weighted by Crippen LogP contribution is 2.21. The van der Waals surface area contributed by atoms with Crippen molar-refractivity contribution in [1.82, 2.24) is 9.62 Å². The van der Waals surface area contributed by atoms with E-state index >= 15 is 0 Å². The molecule has 3 rings (SSSR count). The third kappa shape index (κ3) is 6.67. The van der Waals surface area contributed by atoms with Crippen molar-refractivity contribution in [1.29, 1.82) is 0 Å². The molecule has 2 aromatic carbocycles. The topological polar surface area (TPSA) is 84.9 Å². The number of carbonyl (C=O) groups excluding carboxylic acids is 1. The van der Waals surface area contributed by atoms with Crippen LogP contribution < -0.4 is 10.1 Å². The third-order valence-corrected chi connectivity index (χ3v) is 7.30. The normalized spacial score (nSPS) is 14.9. The standard InChI is InChI=1S/C22H27ClN2O5S/c1-17-15-19(6-9-21(17)23)30-12-2-3-22(26)24-16-18-4-7-20(8-5-18)31(27,28)25-10-13-29-14-11-25/h4-9,15H,2-3,10-14,16H2,1H3,(H,24,26). The van der Waals surface area contributed by atoms with E-state index in [-0.39, 0.29) is 10.8 Å². The third-order valence-electron chi connectivity index (χ3n) is 4.97. The lowest BCUT2D eigenvalue weighted by molar-refractivity contribution is -0.121. The zero-order valence-corrected chi connectivity index (χ0v) is 19.0. The number of morpholine rings is 1. The molecule has 2 aromatic rings. The van der Waals surface area contributed by atoms with Gasteiger partial charge in [0.1, 0.15) is 5.75 Å². The second-order valence-electron chi connectivity index (χ2n) is 7.30. The molecule has 1 amide bonds. The number of halogens is 1. The zero-order chi connectivity index (χ0) is 22.3. The van der Waals surface area contributed by atoms with Crippen LogP contribution in [0.15, 0.2) is 47.4 Å². The number of nitrogens with one attached hydrogen (secondary N) is 1. The SMILES string of the molecule is Cc1cc(OCCCC(=O)NCc2ccc(S(=O)(=O)N3CCOCC3)cc2)ccc1Cl. The lowest BCUT2D eigenvalue weighted by atomic mass is 10.2. The first-order valence-corrected chi connectivity index (χ1v) is 12.0. The highest BCUT2D eigenvalue weighted by atomic mass is 35.5. The van der Waals surface area contributed by atoms with Gasteiger partial charge in [-0.05, 0) is 54.8 Å². The fourth-order valence-corrected chi connectivity index (χ4v) is 4.66. The van der Waals surface area contributed by atoms with E-state index in [2.05, 4.69) is 5.32 Å². The minimum absolute atomic E-state index is 0.0825. The van der Waals surface area contributed by atoms with Gasteiger partial charge in [-0.2, -0.15) is 4.31 Å². The highest BCUT2D eigenvalue weighted by molar-refractivity contribution is 7.89. The van der Waals surface area contributed by atoms with Crippen LogP contribution >= 0.6 is 11.6 Å². The first-order valence-electron chi connectivity index (χ1n) is 10.2. The summed E-state index contributed by atoms with van der Waals surface area (Å²) in [6.45, 7) is 4.23. The van der Waals surface area contributed by atoms with Crippen molar-refractivity contribution < 1.29 is 22.7 Å². The highest BCUT2D eigenvalue weighted by Gasteiger charge is 2.26. The van der Waals surface area contributed by atoms with Crippen molar-refractivity contribution in [2.45, 2.75) is 31.2 Å². The van der Waals surface area contributed by atoms with Crippen molar-refractivity contribution in [3.05, 3.63) is 58.6 Å². The van der Waals surface area contributed by atoms with Crippen molar-refractivity contribution in [3.8, 4) is 5.75 Å².